The summed E-state index contributed by atoms with van der Waals surface area (Å²) in [5.41, 5.74) is 3.92. The van der Waals surface area contributed by atoms with E-state index in [9.17, 15) is 4.79 Å². The van der Waals surface area contributed by atoms with E-state index in [1.807, 2.05) is 36.4 Å². The van der Waals surface area contributed by atoms with Crippen LogP contribution < -0.4 is 9.47 Å². The molecule has 1 unspecified atom stereocenters. The molecule has 3 rings (SSSR count). The van der Waals surface area contributed by atoms with E-state index in [2.05, 4.69) is 45.0 Å². The van der Waals surface area contributed by atoms with E-state index in [-0.39, 0.29) is 12.1 Å². The summed E-state index contributed by atoms with van der Waals surface area (Å²) >= 11 is 0. The molecule has 4 heteroatoms. The maximum atomic E-state index is 12.8. The lowest BCUT2D eigenvalue weighted by atomic mass is 10.0. The van der Waals surface area contributed by atoms with Crippen molar-refractivity contribution in [3.63, 3.8) is 0 Å². The molecule has 0 saturated carbocycles. The summed E-state index contributed by atoms with van der Waals surface area (Å²) in [7, 11) is 0. The van der Waals surface area contributed by atoms with Crippen molar-refractivity contribution in [2.75, 3.05) is 13.2 Å². The molecule has 0 radical (unpaired) electrons. The Kier molecular flexibility index (Phi) is 30.3. The molecule has 0 fully saturated rings. The largest absolute Gasteiger partial charge is 0.494 e. The Morgan fingerprint density at radius 1 is 0.400 bits per heavy atom. The van der Waals surface area contributed by atoms with Gasteiger partial charge in [0.2, 0.25) is 0 Å². The van der Waals surface area contributed by atoms with Crippen LogP contribution in [0.4, 0.5) is 0 Å². The topological polar surface area (TPSA) is 44.8 Å². The zero-order valence-electron chi connectivity index (χ0n) is 39.0. The van der Waals surface area contributed by atoms with Gasteiger partial charge < -0.3 is 14.2 Å². The third-order valence-electron chi connectivity index (χ3n) is 12.3. The Hall–Kier alpha value is -3.11. The molecule has 0 saturated heterocycles. The monoisotopic (exact) mass is 825 g/mol. The highest BCUT2D eigenvalue weighted by Crippen LogP contribution is 2.26. The normalized spacial score (nSPS) is 11.8. The molecule has 0 heterocycles. The molecule has 1 atom stereocenters. The minimum absolute atomic E-state index is 0.0799. The van der Waals surface area contributed by atoms with Gasteiger partial charge in [0, 0.05) is 6.61 Å². The number of ether oxygens (including phenoxy) is 3. The van der Waals surface area contributed by atoms with Crippen LogP contribution in [0.3, 0.4) is 0 Å². The highest BCUT2D eigenvalue weighted by atomic mass is 16.5. The molecule has 0 aliphatic carbocycles. The van der Waals surface area contributed by atoms with Gasteiger partial charge in [0.05, 0.1) is 18.3 Å². The van der Waals surface area contributed by atoms with Crippen molar-refractivity contribution < 1.29 is 19.0 Å². The van der Waals surface area contributed by atoms with Crippen molar-refractivity contribution in [1.29, 1.82) is 0 Å². The van der Waals surface area contributed by atoms with Gasteiger partial charge in [-0.3, -0.25) is 0 Å². The molecule has 4 nitrogen and oxygen atoms in total. The van der Waals surface area contributed by atoms with E-state index in [1.54, 1.807) is 12.1 Å². The first-order valence-electron chi connectivity index (χ1n) is 25.4. The number of benzene rings is 3. The smallest absolute Gasteiger partial charge is 0.343 e. The summed E-state index contributed by atoms with van der Waals surface area (Å²) < 4.78 is 17.8. The van der Waals surface area contributed by atoms with Gasteiger partial charge in [0.25, 0.3) is 0 Å². The van der Waals surface area contributed by atoms with Gasteiger partial charge in [0.1, 0.15) is 11.5 Å². The van der Waals surface area contributed by atoms with Crippen molar-refractivity contribution in [3.05, 3.63) is 83.9 Å². The van der Waals surface area contributed by atoms with Crippen LogP contribution in [-0.2, 0) is 4.74 Å². The van der Waals surface area contributed by atoms with Crippen LogP contribution >= 0.6 is 0 Å². The molecule has 0 aliphatic heterocycles. The van der Waals surface area contributed by atoms with Gasteiger partial charge in [-0.25, -0.2) is 4.79 Å². The molecule has 0 aromatic heterocycles. The van der Waals surface area contributed by atoms with Crippen molar-refractivity contribution in [1.82, 2.24) is 0 Å². The fourth-order valence-electron chi connectivity index (χ4n) is 8.19. The summed E-state index contributed by atoms with van der Waals surface area (Å²) in [5.74, 6) is 0.960. The summed E-state index contributed by atoms with van der Waals surface area (Å²) in [6.45, 7) is 8.25. The number of esters is 1. The van der Waals surface area contributed by atoms with E-state index in [0.717, 1.165) is 36.3 Å². The quantitative estimate of drug-likeness (QED) is 0.0327. The first kappa shape index (κ1) is 51.2. The van der Waals surface area contributed by atoms with Gasteiger partial charge in [-0.1, -0.05) is 236 Å². The molecule has 0 spiro atoms. The molecule has 0 bridgehead atoms. The summed E-state index contributed by atoms with van der Waals surface area (Å²) in [6, 6.07) is 23.6. The Bertz CT molecular complexity index is 1410. The number of carbonyl (C=O) groups is 1. The van der Waals surface area contributed by atoms with Gasteiger partial charge in [-0.05, 0) is 72.9 Å². The van der Waals surface area contributed by atoms with Crippen LogP contribution in [-0.4, -0.2) is 19.2 Å². The second-order valence-corrected chi connectivity index (χ2v) is 17.7. The van der Waals surface area contributed by atoms with E-state index >= 15 is 0 Å². The molecule has 3 aromatic rings. The molecule has 0 aliphatic rings. The highest BCUT2D eigenvalue weighted by molar-refractivity contribution is 5.91. The van der Waals surface area contributed by atoms with Crippen molar-refractivity contribution in [2.24, 2.45) is 0 Å². The number of unbranched alkanes of at least 4 members (excludes halogenated alkanes) is 29. The highest BCUT2D eigenvalue weighted by Gasteiger charge is 2.11. The number of rotatable bonds is 39. The first-order chi connectivity index (χ1) is 29.6. The van der Waals surface area contributed by atoms with E-state index < -0.39 is 0 Å². The van der Waals surface area contributed by atoms with E-state index in [1.165, 1.54) is 192 Å². The van der Waals surface area contributed by atoms with Crippen molar-refractivity contribution in [3.8, 4) is 22.6 Å². The summed E-state index contributed by atoms with van der Waals surface area (Å²) in [5, 5.41) is 0. The van der Waals surface area contributed by atoms with Crippen LogP contribution in [0.5, 0.6) is 11.5 Å². The maximum Gasteiger partial charge on any atom is 0.343 e. The zero-order chi connectivity index (χ0) is 42.6. The van der Waals surface area contributed by atoms with Gasteiger partial charge in [-0.2, -0.15) is 0 Å². The van der Waals surface area contributed by atoms with Crippen LogP contribution in [0.25, 0.3) is 11.1 Å². The average molecular weight is 825 g/mol. The number of carbonyl (C=O) groups excluding carboxylic acids is 1. The van der Waals surface area contributed by atoms with Crippen LogP contribution in [0.15, 0.2) is 72.8 Å². The number of hydrogen-bond donors (Lipinski definition) is 0. The predicted octanol–water partition coefficient (Wildman–Crippen LogP) is 18.2. The van der Waals surface area contributed by atoms with Crippen LogP contribution in [0.1, 0.15) is 242 Å². The SMILES string of the molecule is CCCCCCCCCCCCCCCCCCCCOC(C)c1ccc(-c2ccc(OC(=O)c3ccc(OCCCCCCCCCCCCCCC)cc3)cc2)cc1. The fraction of sp³-hybridized carbons (Fsp3) is 0.661. The lowest BCUT2D eigenvalue weighted by molar-refractivity contribution is 0.0627. The summed E-state index contributed by atoms with van der Waals surface area (Å²) in [6.07, 6.45) is 42.6. The lowest BCUT2D eigenvalue weighted by Gasteiger charge is -2.14. The van der Waals surface area contributed by atoms with Crippen molar-refractivity contribution in [2.45, 2.75) is 226 Å². The van der Waals surface area contributed by atoms with Crippen LogP contribution in [0.2, 0.25) is 0 Å². The molecule has 0 amide bonds. The van der Waals surface area contributed by atoms with E-state index in [0.29, 0.717) is 17.9 Å². The minimum Gasteiger partial charge on any atom is -0.494 e. The molecule has 3 aromatic carbocycles. The Morgan fingerprint density at radius 3 is 1.13 bits per heavy atom. The first-order valence-corrected chi connectivity index (χ1v) is 25.4. The Labute approximate surface area is 369 Å². The van der Waals surface area contributed by atoms with Crippen molar-refractivity contribution >= 4 is 5.97 Å². The van der Waals surface area contributed by atoms with Gasteiger partial charge in [0.15, 0.2) is 0 Å². The molecular weight excluding hydrogens is 737 g/mol. The third-order valence-corrected chi connectivity index (χ3v) is 12.3. The van der Waals surface area contributed by atoms with Gasteiger partial charge in [-0.15, -0.1) is 0 Å². The zero-order valence-corrected chi connectivity index (χ0v) is 39.0. The van der Waals surface area contributed by atoms with E-state index in [4.69, 9.17) is 14.2 Å². The average Bonchev–Trinajstić information content (AvgIpc) is 3.27. The summed E-state index contributed by atoms with van der Waals surface area (Å²) in [4.78, 5) is 12.8. The lowest BCUT2D eigenvalue weighted by Crippen LogP contribution is -2.08. The molecule has 60 heavy (non-hydrogen) atoms. The maximum absolute atomic E-state index is 12.8. The fourth-order valence-corrected chi connectivity index (χ4v) is 8.19. The van der Waals surface area contributed by atoms with Crippen LogP contribution in [0, 0.1) is 0 Å². The predicted molar refractivity (Wildman–Crippen MR) is 258 cm³/mol. The molecule has 336 valence electrons. The second-order valence-electron chi connectivity index (χ2n) is 17.7. The molecule has 0 N–H and O–H groups in total. The van der Waals surface area contributed by atoms with Gasteiger partial charge >= 0.3 is 5.97 Å². The molecular formula is C56H88O4. The standard InChI is InChI=1S/C56H88O4/c1-4-6-8-10-12-14-16-18-19-20-21-22-24-25-27-29-31-33-47-58-49(3)50-35-37-51(38-36-50)52-39-45-55(46-40-52)60-56(57)53-41-43-54(44-42-53)59-48-34-32-30-28-26-23-17-15-13-11-9-7-5-2/h35-46,49H,4-34,47-48H2,1-3H3. The second kappa shape index (κ2) is 35.5. The Balaban J connectivity index is 1.18. The third kappa shape index (κ3) is 25.0. The number of hydrogen-bond acceptors (Lipinski definition) is 4. The minimum atomic E-state index is -0.367. The Morgan fingerprint density at radius 2 is 0.733 bits per heavy atom.